The summed E-state index contributed by atoms with van der Waals surface area (Å²) in [5, 5.41) is 5.70. The molecule has 0 saturated carbocycles. The number of thioether (sulfide) groups is 1. The predicted molar refractivity (Wildman–Crippen MR) is 140 cm³/mol. The molecule has 34 heavy (non-hydrogen) atoms. The number of rotatable bonds is 8. The number of thiophene rings is 1. The maximum absolute atomic E-state index is 13.5. The van der Waals surface area contributed by atoms with Crippen LogP contribution in [0, 0.1) is 6.92 Å². The lowest BCUT2D eigenvalue weighted by molar-refractivity contribution is -0.114. The maximum Gasteiger partial charge on any atom is 0.263 e. The fraction of sp³-hybridized carbons (Fsp3) is 0.154. The molecule has 0 radical (unpaired) electrons. The summed E-state index contributed by atoms with van der Waals surface area (Å²) in [7, 11) is 0. The number of nitrogens with one attached hydrogen (secondary N) is 1. The molecule has 0 unspecified atom stereocenters. The number of anilines is 1. The van der Waals surface area contributed by atoms with Crippen LogP contribution < -0.4 is 10.9 Å². The van der Waals surface area contributed by atoms with Crippen LogP contribution in [0.3, 0.4) is 0 Å². The normalized spacial score (nSPS) is 10.9. The van der Waals surface area contributed by atoms with Crippen LogP contribution in [-0.4, -0.2) is 27.0 Å². The zero-order chi connectivity index (χ0) is 24.2. The Morgan fingerprint density at radius 2 is 1.85 bits per heavy atom. The van der Waals surface area contributed by atoms with E-state index >= 15 is 0 Å². The number of amides is 1. The number of hydrogen-bond donors (Lipinski definition) is 1. The van der Waals surface area contributed by atoms with Crippen molar-refractivity contribution in [3.8, 4) is 11.1 Å². The van der Waals surface area contributed by atoms with Gasteiger partial charge in [0, 0.05) is 35.7 Å². The molecular formula is C26H23N3O3S2. The first-order chi connectivity index (χ1) is 16.4. The van der Waals surface area contributed by atoms with Gasteiger partial charge in [-0.25, -0.2) is 4.98 Å². The zero-order valence-electron chi connectivity index (χ0n) is 18.8. The summed E-state index contributed by atoms with van der Waals surface area (Å²) in [5.41, 5.74) is 4.00. The second kappa shape index (κ2) is 10.2. The highest BCUT2D eigenvalue weighted by Crippen LogP contribution is 2.32. The van der Waals surface area contributed by atoms with E-state index in [1.807, 2.05) is 36.6 Å². The van der Waals surface area contributed by atoms with E-state index in [1.54, 1.807) is 34.9 Å². The van der Waals surface area contributed by atoms with Gasteiger partial charge in [0.1, 0.15) is 4.83 Å². The minimum Gasteiger partial charge on any atom is -0.326 e. The number of Topliss-reactive ketones (excluding diaryl/α,β-unsaturated/α-hetero) is 1. The van der Waals surface area contributed by atoms with E-state index in [0.717, 1.165) is 16.7 Å². The largest absolute Gasteiger partial charge is 0.326 e. The van der Waals surface area contributed by atoms with Crippen LogP contribution in [0.1, 0.15) is 22.8 Å². The fourth-order valence-corrected chi connectivity index (χ4v) is 5.40. The van der Waals surface area contributed by atoms with Crippen LogP contribution in [0.4, 0.5) is 5.69 Å². The molecule has 172 valence electrons. The summed E-state index contributed by atoms with van der Waals surface area (Å²) in [6, 6.07) is 14.8. The van der Waals surface area contributed by atoms with Crippen molar-refractivity contribution in [1.29, 1.82) is 0 Å². The summed E-state index contributed by atoms with van der Waals surface area (Å²) in [6.45, 7) is 7.53. The second-order valence-electron chi connectivity index (χ2n) is 7.76. The first-order valence-corrected chi connectivity index (χ1v) is 12.5. The van der Waals surface area contributed by atoms with E-state index < -0.39 is 0 Å². The molecular weight excluding hydrogens is 466 g/mol. The molecule has 0 aliphatic rings. The Kier molecular flexibility index (Phi) is 7.09. The minimum atomic E-state index is -0.171. The van der Waals surface area contributed by atoms with Crippen LogP contribution in [0.25, 0.3) is 21.3 Å². The summed E-state index contributed by atoms with van der Waals surface area (Å²) >= 11 is 2.65. The Morgan fingerprint density at radius 3 is 2.50 bits per heavy atom. The minimum absolute atomic E-state index is 0.0922. The van der Waals surface area contributed by atoms with Gasteiger partial charge in [-0.15, -0.1) is 17.9 Å². The Bertz CT molecular complexity index is 1440. The number of hydrogen-bond acceptors (Lipinski definition) is 6. The summed E-state index contributed by atoms with van der Waals surface area (Å²) in [4.78, 5) is 42.7. The number of carbonyl (C=O) groups excluding carboxylic acids is 2. The van der Waals surface area contributed by atoms with Crippen molar-refractivity contribution in [1.82, 2.24) is 9.55 Å². The molecule has 6 nitrogen and oxygen atoms in total. The molecule has 2 aromatic carbocycles. The van der Waals surface area contributed by atoms with Gasteiger partial charge in [-0.3, -0.25) is 19.0 Å². The van der Waals surface area contributed by atoms with Crippen LogP contribution in [0.5, 0.6) is 0 Å². The second-order valence-corrected chi connectivity index (χ2v) is 9.57. The van der Waals surface area contributed by atoms with Gasteiger partial charge in [0.2, 0.25) is 5.91 Å². The highest BCUT2D eigenvalue weighted by molar-refractivity contribution is 7.99. The lowest BCUT2D eigenvalue weighted by Gasteiger charge is -2.11. The van der Waals surface area contributed by atoms with E-state index in [4.69, 9.17) is 4.98 Å². The van der Waals surface area contributed by atoms with Gasteiger partial charge < -0.3 is 5.32 Å². The van der Waals surface area contributed by atoms with E-state index in [0.29, 0.717) is 33.2 Å². The monoisotopic (exact) mass is 489 g/mol. The van der Waals surface area contributed by atoms with Crippen molar-refractivity contribution in [2.24, 2.45) is 0 Å². The van der Waals surface area contributed by atoms with Crippen molar-refractivity contribution in [3.63, 3.8) is 0 Å². The first-order valence-electron chi connectivity index (χ1n) is 10.6. The van der Waals surface area contributed by atoms with Crippen molar-refractivity contribution >= 4 is 50.7 Å². The smallest absolute Gasteiger partial charge is 0.263 e. The van der Waals surface area contributed by atoms with Gasteiger partial charge in [-0.05, 0) is 36.8 Å². The van der Waals surface area contributed by atoms with Gasteiger partial charge in [-0.1, -0.05) is 47.7 Å². The number of nitrogens with zero attached hydrogens (tertiary/aromatic N) is 2. The first kappa shape index (κ1) is 23.7. The highest BCUT2D eigenvalue weighted by atomic mass is 32.2. The molecule has 4 rings (SSSR count). The topological polar surface area (TPSA) is 81.1 Å². The molecule has 4 aromatic rings. The van der Waals surface area contributed by atoms with E-state index in [-0.39, 0.29) is 23.0 Å². The average molecular weight is 490 g/mol. The Morgan fingerprint density at radius 1 is 1.15 bits per heavy atom. The number of ketones is 1. The molecule has 0 saturated heterocycles. The number of aryl methyl sites for hydroxylation is 1. The van der Waals surface area contributed by atoms with Crippen molar-refractivity contribution in [2.75, 3.05) is 11.1 Å². The van der Waals surface area contributed by atoms with Crippen molar-refractivity contribution in [2.45, 2.75) is 25.5 Å². The van der Waals surface area contributed by atoms with Crippen LogP contribution in [0.2, 0.25) is 0 Å². The standard InChI is InChI=1S/C26H23N3O3S2/c1-4-13-29-25(32)23-21(18-7-5-16(2)6-8-18)14-33-24(23)28-26(29)34-15-22(31)19-9-11-20(12-10-19)27-17(3)30/h4-12,14H,1,13,15H2,2-3H3,(H,27,30). The van der Waals surface area contributed by atoms with Gasteiger partial charge in [0.05, 0.1) is 11.1 Å². The van der Waals surface area contributed by atoms with Crippen molar-refractivity contribution in [3.05, 3.63) is 88.0 Å². The predicted octanol–water partition coefficient (Wildman–Crippen LogP) is 5.55. The number of carbonyl (C=O) groups is 2. The highest BCUT2D eigenvalue weighted by Gasteiger charge is 2.18. The van der Waals surface area contributed by atoms with Gasteiger partial charge in [-0.2, -0.15) is 0 Å². The third-order valence-electron chi connectivity index (χ3n) is 5.19. The third kappa shape index (κ3) is 5.03. The molecule has 1 amide bonds. The molecule has 0 aliphatic carbocycles. The Hall–Kier alpha value is -3.49. The molecule has 0 atom stereocenters. The lowest BCUT2D eigenvalue weighted by Crippen LogP contribution is -2.23. The molecule has 0 spiro atoms. The quantitative estimate of drug-likeness (QED) is 0.152. The number of aromatic nitrogens is 2. The molecule has 8 heteroatoms. The van der Waals surface area contributed by atoms with E-state index in [2.05, 4.69) is 11.9 Å². The molecule has 0 fully saturated rings. The van der Waals surface area contributed by atoms with Crippen LogP contribution in [0.15, 0.2) is 76.5 Å². The molecule has 2 aromatic heterocycles. The van der Waals surface area contributed by atoms with Gasteiger partial charge in [0.25, 0.3) is 5.56 Å². The summed E-state index contributed by atoms with van der Waals surface area (Å²) in [6.07, 6.45) is 1.65. The van der Waals surface area contributed by atoms with Gasteiger partial charge >= 0.3 is 0 Å². The lowest BCUT2D eigenvalue weighted by atomic mass is 10.1. The number of fused-ring (bicyclic) bond motifs is 1. The summed E-state index contributed by atoms with van der Waals surface area (Å²) in [5.74, 6) is -0.133. The van der Waals surface area contributed by atoms with Crippen LogP contribution in [-0.2, 0) is 11.3 Å². The Balaban J connectivity index is 1.62. The maximum atomic E-state index is 13.5. The average Bonchev–Trinajstić information content (AvgIpc) is 3.24. The molecule has 2 heterocycles. The SMILES string of the molecule is C=CCn1c(SCC(=O)c2ccc(NC(C)=O)cc2)nc2scc(-c3ccc(C)cc3)c2c1=O. The fourth-order valence-electron chi connectivity index (χ4n) is 3.51. The third-order valence-corrected chi connectivity index (χ3v) is 7.04. The van der Waals surface area contributed by atoms with Gasteiger partial charge in [0.15, 0.2) is 10.9 Å². The van der Waals surface area contributed by atoms with Crippen LogP contribution >= 0.6 is 23.1 Å². The van der Waals surface area contributed by atoms with E-state index in [1.165, 1.54) is 30.0 Å². The van der Waals surface area contributed by atoms with E-state index in [9.17, 15) is 14.4 Å². The number of benzene rings is 2. The Labute approximate surface area is 205 Å². The summed E-state index contributed by atoms with van der Waals surface area (Å²) < 4.78 is 1.57. The number of allylic oxidation sites excluding steroid dienone is 1. The molecule has 1 N–H and O–H groups in total. The molecule has 0 bridgehead atoms. The zero-order valence-corrected chi connectivity index (χ0v) is 20.5. The molecule has 0 aliphatic heterocycles. The van der Waals surface area contributed by atoms with Crippen molar-refractivity contribution < 1.29 is 9.59 Å².